The number of fused-ring (bicyclic) bond motifs is 5. The Kier molecular flexibility index (Phi) is 7.85. The quantitative estimate of drug-likeness (QED) is 0.312. The fourth-order valence-electron chi connectivity index (χ4n) is 8.60. The molecule has 1 aromatic rings. The van der Waals surface area contributed by atoms with Gasteiger partial charge in [0.25, 0.3) is 5.91 Å². The third-order valence-corrected chi connectivity index (χ3v) is 11.0. The summed E-state index contributed by atoms with van der Waals surface area (Å²) in [5, 5.41) is 27.6. The van der Waals surface area contributed by atoms with Crippen LogP contribution in [0.2, 0.25) is 0 Å². The van der Waals surface area contributed by atoms with Crippen LogP contribution >= 0.6 is 0 Å². The molecule has 214 valence electrons. The molecule has 0 spiro atoms. The van der Waals surface area contributed by atoms with E-state index in [0.717, 1.165) is 56.2 Å². The van der Waals surface area contributed by atoms with Gasteiger partial charge in [0.2, 0.25) is 0 Å². The SMILES string of the molecule is C#C[C@]1(O)CC[C@@H]2[C@H]3CCC4=C/C(=N/OCC(=O)NC[C@@H](CC(=O)O)c5ccccc5)CC[C@]4(C)[C@@H]3CC[C@@]21C. The van der Waals surface area contributed by atoms with Gasteiger partial charge in [-0.05, 0) is 86.2 Å². The molecule has 40 heavy (non-hydrogen) atoms. The monoisotopic (exact) mass is 546 g/mol. The molecule has 7 atom stereocenters. The molecule has 1 aromatic carbocycles. The molecule has 1 amide bonds. The zero-order chi connectivity index (χ0) is 28.5. The van der Waals surface area contributed by atoms with Crippen molar-refractivity contribution in [1.29, 1.82) is 0 Å². The van der Waals surface area contributed by atoms with Gasteiger partial charge in [-0.3, -0.25) is 9.59 Å². The van der Waals surface area contributed by atoms with Crippen LogP contribution in [0.3, 0.4) is 0 Å². The fraction of sp³-hybridized carbons (Fsp3) is 0.606. The minimum atomic E-state index is -0.978. The molecule has 0 radical (unpaired) electrons. The highest BCUT2D eigenvalue weighted by Gasteiger charge is 2.63. The molecule has 7 heteroatoms. The number of aliphatic hydroxyl groups is 1. The van der Waals surface area contributed by atoms with Crippen molar-refractivity contribution in [2.45, 2.75) is 83.2 Å². The molecule has 7 nitrogen and oxygen atoms in total. The Morgan fingerprint density at radius 2 is 1.88 bits per heavy atom. The Morgan fingerprint density at radius 3 is 2.60 bits per heavy atom. The number of rotatable bonds is 8. The number of carboxylic acids is 1. The van der Waals surface area contributed by atoms with E-state index >= 15 is 0 Å². The highest BCUT2D eigenvalue weighted by molar-refractivity contribution is 5.96. The van der Waals surface area contributed by atoms with Gasteiger partial charge in [0.1, 0.15) is 5.60 Å². The molecule has 3 fully saturated rings. The number of oxime groups is 1. The Labute approximate surface area is 237 Å². The minimum Gasteiger partial charge on any atom is -0.481 e. The normalized spacial score (nSPS) is 36.3. The van der Waals surface area contributed by atoms with Crippen molar-refractivity contribution in [3.05, 3.63) is 47.5 Å². The summed E-state index contributed by atoms with van der Waals surface area (Å²) >= 11 is 0. The van der Waals surface area contributed by atoms with Gasteiger partial charge in [-0.1, -0.05) is 60.8 Å². The van der Waals surface area contributed by atoms with E-state index in [1.807, 2.05) is 30.3 Å². The molecule has 0 saturated heterocycles. The van der Waals surface area contributed by atoms with Gasteiger partial charge < -0.3 is 20.4 Å². The van der Waals surface area contributed by atoms with Gasteiger partial charge >= 0.3 is 5.97 Å². The number of carbonyl (C=O) groups excluding carboxylic acids is 1. The van der Waals surface area contributed by atoms with E-state index < -0.39 is 11.6 Å². The summed E-state index contributed by atoms with van der Waals surface area (Å²) in [6.07, 6.45) is 15.7. The number of amides is 1. The average Bonchev–Trinajstić information content (AvgIpc) is 3.22. The highest BCUT2D eigenvalue weighted by Crippen LogP contribution is 2.67. The number of nitrogens with zero attached hydrogens (tertiary/aromatic N) is 1. The predicted molar refractivity (Wildman–Crippen MR) is 153 cm³/mol. The van der Waals surface area contributed by atoms with Crippen molar-refractivity contribution in [1.82, 2.24) is 5.32 Å². The Balaban J connectivity index is 1.17. The maximum absolute atomic E-state index is 12.4. The lowest BCUT2D eigenvalue weighted by atomic mass is 9.46. The van der Waals surface area contributed by atoms with Gasteiger partial charge in [-0.25, -0.2) is 0 Å². The van der Waals surface area contributed by atoms with Crippen LogP contribution in [0, 0.1) is 40.9 Å². The molecule has 0 aliphatic heterocycles. The Hall–Kier alpha value is -3.11. The summed E-state index contributed by atoms with van der Waals surface area (Å²) < 4.78 is 0. The maximum atomic E-state index is 12.4. The van der Waals surface area contributed by atoms with E-state index in [0.29, 0.717) is 24.2 Å². The first kappa shape index (κ1) is 28.4. The summed E-state index contributed by atoms with van der Waals surface area (Å²) in [6, 6.07) is 9.34. The van der Waals surface area contributed by atoms with Crippen molar-refractivity contribution < 1.29 is 24.6 Å². The van der Waals surface area contributed by atoms with Crippen molar-refractivity contribution in [2.24, 2.45) is 33.7 Å². The highest BCUT2D eigenvalue weighted by atomic mass is 16.6. The molecular formula is C33H42N2O5. The minimum absolute atomic E-state index is 0.0631. The first-order valence-corrected chi connectivity index (χ1v) is 14.7. The standard InChI is InChI=1S/C33H42N2O5/c1-4-33(39)17-14-28-26-11-10-24-19-25(12-15-31(24,2)27(26)13-16-32(28,33)3)35-40-21-29(36)34-20-23(18-30(37)38)22-8-6-5-7-9-22/h1,5-9,19,23,26-28,39H,10-18,20-21H2,2-3H3,(H,34,36)(H,37,38)/b35-25+/t23-,26+,27-,28-,31+,32+,33+/m1/s1. The number of hydrogen-bond donors (Lipinski definition) is 3. The largest absolute Gasteiger partial charge is 0.481 e. The van der Waals surface area contributed by atoms with E-state index in [-0.39, 0.29) is 42.2 Å². The molecule has 0 aromatic heterocycles. The van der Waals surface area contributed by atoms with Crippen LogP contribution in [-0.2, 0) is 14.4 Å². The lowest BCUT2D eigenvalue weighted by molar-refractivity contribution is -0.137. The second-order valence-corrected chi connectivity index (χ2v) is 12.9. The second-order valence-electron chi connectivity index (χ2n) is 12.9. The van der Waals surface area contributed by atoms with Crippen LogP contribution in [0.25, 0.3) is 0 Å². The summed E-state index contributed by atoms with van der Waals surface area (Å²) in [6.45, 7) is 4.65. The number of hydrogen-bond acceptors (Lipinski definition) is 5. The third-order valence-electron chi connectivity index (χ3n) is 11.0. The molecule has 3 saturated carbocycles. The Bertz CT molecular complexity index is 1230. The van der Waals surface area contributed by atoms with Crippen LogP contribution in [0.15, 0.2) is 47.1 Å². The number of allylic oxidation sites excluding steroid dienone is 2. The third kappa shape index (κ3) is 5.07. The van der Waals surface area contributed by atoms with Crippen LogP contribution in [0.4, 0.5) is 0 Å². The van der Waals surface area contributed by atoms with Gasteiger partial charge in [-0.15, -0.1) is 6.42 Å². The zero-order valence-electron chi connectivity index (χ0n) is 23.7. The first-order valence-electron chi connectivity index (χ1n) is 14.7. The van der Waals surface area contributed by atoms with E-state index in [9.17, 15) is 19.8 Å². The zero-order valence-corrected chi connectivity index (χ0v) is 23.7. The molecule has 3 N–H and O–H groups in total. The Morgan fingerprint density at radius 1 is 1.12 bits per heavy atom. The molecule has 0 bridgehead atoms. The van der Waals surface area contributed by atoms with E-state index in [1.165, 1.54) is 5.57 Å². The number of carboxylic acid groups (broad SMARTS) is 1. The summed E-state index contributed by atoms with van der Waals surface area (Å²) in [4.78, 5) is 29.2. The van der Waals surface area contributed by atoms with Gasteiger partial charge in [0.15, 0.2) is 6.61 Å². The van der Waals surface area contributed by atoms with Gasteiger partial charge in [-0.2, -0.15) is 0 Å². The lowest BCUT2D eigenvalue weighted by Gasteiger charge is -2.58. The smallest absolute Gasteiger partial charge is 0.304 e. The number of aliphatic carboxylic acids is 1. The second kappa shape index (κ2) is 11.0. The fourth-order valence-corrected chi connectivity index (χ4v) is 8.60. The number of benzene rings is 1. The summed E-state index contributed by atoms with van der Waals surface area (Å²) in [5.41, 5.74) is 2.13. The van der Waals surface area contributed by atoms with E-state index in [4.69, 9.17) is 11.3 Å². The van der Waals surface area contributed by atoms with Crippen LogP contribution in [0.1, 0.15) is 83.1 Å². The number of nitrogens with one attached hydrogen (secondary N) is 1. The van der Waals surface area contributed by atoms with Gasteiger partial charge in [0, 0.05) is 17.9 Å². The summed E-state index contributed by atoms with van der Waals surface area (Å²) in [5.74, 6) is 2.87. The van der Waals surface area contributed by atoms with Crippen molar-refractivity contribution in [3.8, 4) is 12.3 Å². The maximum Gasteiger partial charge on any atom is 0.304 e. The summed E-state index contributed by atoms with van der Waals surface area (Å²) in [7, 11) is 0. The molecule has 4 aliphatic carbocycles. The molecule has 4 aliphatic rings. The van der Waals surface area contributed by atoms with Crippen molar-refractivity contribution in [2.75, 3.05) is 13.2 Å². The van der Waals surface area contributed by atoms with E-state index in [1.54, 1.807) is 0 Å². The van der Waals surface area contributed by atoms with Gasteiger partial charge in [0.05, 0.1) is 12.1 Å². The molecule has 0 unspecified atom stereocenters. The molecule has 5 rings (SSSR count). The van der Waals surface area contributed by atoms with E-state index in [2.05, 4.69) is 36.3 Å². The first-order chi connectivity index (χ1) is 19.1. The average molecular weight is 547 g/mol. The van der Waals surface area contributed by atoms with Crippen LogP contribution < -0.4 is 5.32 Å². The lowest BCUT2D eigenvalue weighted by Crippen LogP contribution is -2.54. The van der Waals surface area contributed by atoms with Crippen LogP contribution in [-0.4, -0.2) is 46.6 Å². The molecular weight excluding hydrogens is 504 g/mol. The molecule has 0 heterocycles. The van der Waals surface area contributed by atoms with Crippen molar-refractivity contribution >= 4 is 17.6 Å². The predicted octanol–water partition coefficient (Wildman–Crippen LogP) is 5.06. The van der Waals surface area contributed by atoms with Crippen LogP contribution in [0.5, 0.6) is 0 Å². The number of terminal acetylenes is 1. The van der Waals surface area contributed by atoms with Crippen molar-refractivity contribution in [3.63, 3.8) is 0 Å². The number of carbonyl (C=O) groups is 2. The topological polar surface area (TPSA) is 108 Å².